The maximum absolute atomic E-state index is 9.46. The molecular weight excluding hydrogens is 226 g/mol. The Morgan fingerprint density at radius 2 is 2.11 bits per heavy atom. The molecule has 1 atom stereocenters. The Kier molecular flexibility index (Phi) is 6.76. The van der Waals surface area contributed by atoms with Crippen LogP contribution in [0.2, 0.25) is 0 Å². The second kappa shape index (κ2) is 8.11. The molecule has 0 aliphatic carbocycles. The van der Waals surface area contributed by atoms with Crippen LogP contribution in [-0.2, 0) is 0 Å². The lowest BCUT2D eigenvalue weighted by Gasteiger charge is -2.19. The van der Waals surface area contributed by atoms with Crippen LogP contribution < -0.4 is 10.1 Å². The first-order valence-corrected chi connectivity index (χ1v) is 6.74. The predicted octanol–water partition coefficient (Wildman–Crippen LogP) is 2.75. The van der Waals surface area contributed by atoms with E-state index in [0.29, 0.717) is 5.92 Å². The van der Waals surface area contributed by atoms with Crippen LogP contribution in [0.1, 0.15) is 38.8 Å². The van der Waals surface area contributed by atoms with Crippen molar-refractivity contribution in [2.45, 2.75) is 33.2 Å². The summed E-state index contributed by atoms with van der Waals surface area (Å²) >= 11 is 0. The number of ether oxygens (including phenoxy) is 1. The van der Waals surface area contributed by atoms with E-state index < -0.39 is 0 Å². The molecule has 1 unspecified atom stereocenters. The van der Waals surface area contributed by atoms with Gasteiger partial charge in [-0.3, -0.25) is 0 Å². The van der Waals surface area contributed by atoms with Gasteiger partial charge < -0.3 is 15.2 Å². The van der Waals surface area contributed by atoms with Crippen LogP contribution in [0.5, 0.6) is 5.75 Å². The Hall–Kier alpha value is -1.06. The lowest BCUT2D eigenvalue weighted by molar-refractivity contribution is 0.240. The molecule has 0 amide bonds. The molecule has 1 aromatic rings. The SMILES string of the molecule is CCCOc1cccc(C(CO)NCC(C)C)c1. The van der Waals surface area contributed by atoms with E-state index in [1.807, 2.05) is 24.3 Å². The zero-order valence-electron chi connectivity index (χ0n) is 11.6. The van der Waals surface area contributed by atoms with E-state index in [1.54, 1.807) is 0 Å². The third-order valence-corrected chi connectivity index (χ3v) is 2.69. The van der Waals surface area contributed by atoms with Gasteiger partial charge in [-0.1, -0.05) is 32.9 Å². The zero-order chi connectivity index (χ0) is 13.4. The minimum atomic E-state index is -0.0161. The fourth-order valence-corrected chi connectivity index (χ4v) is 1.71. The van der Waals surface area contributed by atoms with Crippen molar-refractivity contribution in [1.82, 2.24) is 5.32 Å². The predicted molar refractivity (Wildman–Crippen MR) is 74.9 cm³/mol. The molecule has 3 nitrogen and oxygen atoms in total. The Balaban J connectivity index is 2.66. The minimum absolute atomic E-state index is 0.0161. The smallest absolute Gasteiger partial charge is 0.119 e. The molecule has 1 rings (SSSR count). The molecule has 18 heavy (non-hydrogen) atoms. The number of benzene rings is 1. The summed E-state index contributed by atoms with van der Waals surface area (Å²) in [6.07, 6.45) is 0.999. The highest BCUT2D eigenvalue weighted by molar-refractivity contribution is 5.30. The van der Waals surface area contributed by atoms with E-state index in [0.717, 1.165) is 30.9 Å². The van der Waals surface area contributed by atoms with E-state index in [-0.39, 0.29) is 12.6 Å². The Morgan fingerprint density at radius 3 is 2.72 bits per heavy atom. The third-order valence-electron chi connectivity index (χ3n) is 2.69. The van der Waals surface area contributed by atoms with E-state index in [2.05, 4.69) is 26.1 Å². The van der Waals surface area contributed by atoms with Gasteiger partial charge in [0.2, 0.25) is 0 Å². The standard InChI is InChI=1S/C15H25NO2/c1-4-8-18-14-7-5-6-13(9-14)15(11-17)16-10-12(2)3/h5-7,9,12,15-17H,4,8,10-11H2,1-3H3. The van der Waals surface area contributed by atoms with Gasteiger partial charge in [-0.15, -0.1) is 0 Å². The summed E-state index contributed by atoms with van der Waals surface area (Å²) in [7, 11) is 0. The number of hydrogen-bond donors (Lipinski definition) is 2. The molecule has 0 saturated carbocycles. The summed E-state index contributed by atoms with van der Waals surface area (Å²) in [5.74, 6) is 1.44. The second-order valence-electron chi connectivity index (χ2n) is 4.96. The van der Waals surface area contributed by atoms with Crippen molar-refractivity contribution in [3.63, 3.8) is 0 Å². The molecule has 2 N–H and O–H groups in total. The van der Waals surface area contributed by atoms with Crippen molar-refractivity contribution in [2.75, 3.05) is 19.8 Å². The lowest BCUT2D eigenvalue weighted by Crippen LogP contribution is -2.27. The lowest BCUT2D eigenvalue weighted by atomic mass is 10.1. The molecule has 0 fully saturated rings. The molecule has 1 aromatic carbocycles. The van der Waals surface area contributed by atoms with E-state index >= 15 is 0 Å². The molecule has 0 aliphatic rings. The number of rotatable bonds is 8. The first kappa shape index (κ1) is 15.0. The fraction of sp³-hybridized carbons (Fsp3) is 0.600. The maximum atomic E-state index is 9.46. The van der Waals surface area contributed by atoms with Crippen LogP contribution in [0.4, 0.5) is 0 Å². The topological polar surface area (TPSA) is 41.5 Å². The Morgan fingerprint density at radius 1 is 1.33 bits per heavy atom. The van der Waals surface area contributed by atoms with Crippen LogP contribution in [0.25, 0.3) is 0 Å². The first-order chi connectivity index (χ1) is 8.67. The molecule has 102 valence electrons. The van der Waals surface area contributed by atoms with Crippen molar-refractivity contribution in [3.8, 4) is 5.75 Å². The van der Waals surface area contributed by atoms with Gasteiger partial charge in [0.15, 0.2) is 0 Å². The van der Waals surface area contributed by atoms with Crippen LogP contribution in [0, 0.1) is 5.92 Å². The van der Waals surface area contributed by atoms with Crippen LogP contribution in [-0.4, -0.2) is 24.9 Å². The van der Waals surface area contributed by atoms with Crippen molar-refractivity contribution in [2.24, 2.45) is 5.92 Å². The quantitative estimate of drug-likeness (QED) is 0.746. The first-order valence-electron chi connectivity index (χ1n) is 6.74. The van der Waals surface area contributed by atoms with Gasteiger partial charge in [0.25, 0.3) is 0 Å². The normalized spacial score (nSPS) is 12.7. The van der Waals surface area contributed by atoms with Crippen LogP contribution >= 0.6 is 0 Å². The highest BCUT2D eigenvalue weighted by Gasteiger charge is 2.11. The largest absolute Gasteiger partial charge is 0.494 e. The van der Waals surface area contributed by atoms with Gasteiger partial charge in [0.05, 0.1) is 19.3 Å². The number of aliphatic hydroxyl groups is 1. The number of hydrogen-bond acceptors (Lipinski definition) is 3. The highest BCUT2D eigenvalue weighted by Crippen LogP contribution is 2.19. The van der Waals surface area contributed by atoms with E-state index in [4.69, 9.17) is 4.74 Å². The molecule has 0 spiro atoms. The van der Waals surface area contributed by atoms with Crippen molar-refractivity contribution in [3.05, 3.63) is 29.8 Å². The fourth-order valence-electron chi connectivity index (χ4n) is 1.71. The molecule has 3 heteroatoms. The summed E-state index contributed by atoms with van der Waals surface area (Å²) in [5, 5.41) is 12.8. The van der Waals surface area contributed by atoms with E-state index in [1.165, 1.54) is 0 Å². The Labute approximate surface area is 110 Å². The van der Waals surface area contributed by atoms with Crippen molar-refractivity contribution in [1.29, 1.82) is 0 Å². The van der Waals surface area contributed by atoms with Gasteiger partial charge in [0.1, 0.15) is 5.75 Å². The second-order valence-corrected chi connectivity index (χ2v) is 4.96. The number of nitrogens with one attached hydrogen (secondary N) is 1. The molecule has 0 heterocycles. The average Bonchev–Trinajstić information content (AvgIpc) is 2.37. The molecule has 0 aliphatic heterocycles. The van der Waals surface area contributed by atoms with E-state index in [9.17, 15) is 5.11 Å². The summed E-state index contributed by atoms with van der Waals surface area (Å²) in [4.78, 5) is 0. The number of aliphatic hydroxyl groups excluding tert-OH is 1. The van der Waals surface area contributed by atoms with Crippen LogP contribution in [0.3, 0.4) is 0 Å². The van der Waals surface area contributed by atoms with Gasteiger partial charge >= 0.3 is 0 Å². The summed E-state index contributed by atoms with van der Waals surface area (Å²) < 4.78 is 5.61. The third kappa shape index (κ3) is 5.07. The van der Waals surface area contributed by atoms with Gasteiger partial charge in [0, 0.05) is 0 Å². The summed E-state index contributed by atoms with van der Waals surface area (Å²) in [6, 6.07) is 7.94. The average molecular weight is 251 g/mol. The zero-order valence-corrected chi connectivity index (χ0v) is 11.6. The van der Waals surface area contributed by atoms with Gasteiger partial charge in [-0.2, -0.15) is 0 Å². The molecule has 0 radical (unpaired) electrons. The highest BCUT2D eigenvalue weighted by atomic mass is 16.5. The Bertz CT molecular complexity index is 339. The van der Waals surface area contributed by atoms with Gasteiger partial charge in [-0.05, 0) is 36.6 Å². The van der Waals surface area contributed by atoms with Crippen molar-refractivity contribution < 1.29 is 9.84 Å². The molecular formula is C15H25NO2. The van der Waals surface area contributed by atoms with Crippen molar-refractivity contribution >= 4 is 0 Å². The summed E-state index contributed by atoms with van der Waals surface area (Å²) in [5.41, 5.74) is 1.08. The summed E-state index contributed by atoms with van der Waals surface area (Å²) in [6.45, 7) is 8.12. The molecule has 0 saturated heterocycles. The molecule has 0 bridgehead atoms. The van der Waals surface area contributed by atoms with Crippen LogP contribution in [0.15, 0.2) is 24.3 Å². The van der Waals surface area contributed by atoms with Gasteiger partial charge in [-0.25, -0.2) is 0 Å². The minimum Gasteiger partial charge on any atom is -0.494 e. The maximum Gasteiger partial charge on any atom is 0.119 e. The molecule has 0 aromatic heterocycles. The monoisotopic (exact) mass is 251 g/mol.